The normalized spacial score (nSPS) is 11.2. The van der Waals surface area contributed by atoms with Gasteiger partial charge in [0.25, 0.3) is 0 Å². The van der Waals surface area contributed by atoms with Gasteiger partial charge >= 0.3 is 0 Å². The number of ether oxygens (including phenoxy) is 3. The van der Waals surface area contributed by atoms with Gasteiger partial charge in [-0.05, 0) is 13.3 Å². The van der Waals surface area contributed by atoms with Crippen LogP contribution in [0.25, 0.3) is 0 Å². The number of nitrogens with one attached hydrogen (secondary N) is 2. The SMILES string of the molecule is CCNC(=NCc1c(OC)cc(OC)cc1OC)NCCc1ncc(CC)s1. The van der Waals surface area contributed by atoms with Crippen LogP contribution in [0, 0.1) is 0 Å². The molecule has 0 aliphatic carbocycles. The van der Waals surface area contributed by atoms with E-state index >= 15 is 0 Å². The van der Waals surface area contributed by atoms with Crippen LogP contribution in [0.2, 0.25) is 0 Å². The Labute approximate surface area is 171 Å². The lowest BCUT2D eigenvalue weighted by molar-refractivity contribution is 0.369. The fourth-order valence-corrected chi connectivity index (χ4v) is 3.51. The van der Waals surface area contributed by atoms with E-state index in [0.29, 0.717) is 23.8 Å². The fraction of sp³-hybridized carbons (Fsp3) is 0.500. The summed E-state index contributed by atoms with van der Waals surface area (Å²) in [5, 5.41) is 7.77. The summed E-state index contributed by atoms with van der Waals surface area (Å²) in [7, 11) is 4.87. The third kappa shape index (κ3) is 6.02. The molecular weight excluding hydrogens is 376 g/mol. The number of benzene rings is 1. The van der Waals surface area contributed by atoms with Crippen molar-refractivity contribution in [3.8, 4) is 17.2 Å². The maximum absolute atomic E-state index is 5.50. The van der Waals surface area contributed by atoms with Gasteiger partial charge in [-0.1, -0.05) is 6.92 Å². The molecule has 154 valence electrons. The minimum absolute atomic E-state index is 0.420. The Morgan fingerprint density at radius 2 is 1.79 bits per heavy atom. The number of thiazole rings is 1. The average molecular weight is 407 g/mol. The second-order valence-corrected chi connectivity index (χ2v) is 7.16. The van der Waals surface area contributed by atoms with E-state index < -0.39 is 0 Å². The van der Waals surface area contributed by atoms with E-state index in [9.17, 15) is 0 Å². The van der Waals surface area contributed by atoms with Crippen molar-refractivity contribution in [1.82, 2.24) is 15.6 Å². The first-order valence-electron chi connectivity index (χ1n) is 9.39. The maximum atomic E-state index is 5.50. The molecule has 7 nitrogen and oxygen atoms in total. The molecule has 2 aromatic rings. The molecule has 1 aromatic heterocycles. The van der Waals surface area contributed by atoms with Crippen molar-refractivity contribution in [2.75, 3.05) is 34.4 Å². The Morgan fingerprint density at radius 3 is 2.32 bits per heavy atom. The summed E-state index contributed by atoms with van der Waals surface area (Å²) in [6.45, 7) is 6.15. The van der Waals surface area contributed by atoms with Gasteiger partial charge in [-0.15, -0.1) is 11.3 Å². The van der Waals surface area contributed by atoms with E-state index in [1.165, 1.54) is 4.88 Å². The first kappa shape index (κ1) is 21.8. The van der Waals surface area contributed by atoms with Gasteiger partial charge in [0.2, 0.25) is 0 Å². The van der Waals surface area contributed by atoms with Crippen LogP contribution in [-0.4, -0.2) is 45.4 Å². The lowest BCUT2D eigenvalue weighted by Gasteiger charge is -2.15. The molecule has 0 atom stereocenters. The fourth-order valence-electron chi connectivity index (χ4n) is 2.65. The zero-order valence-corrected chi connectivity index (χ0v) is 18.1. The van der Waals surface area contributed by atoms with E-state index in [0.717, 1.165) is 42.5 Å². The van der Waals surface area contributed by atoms with Crippen molar-refractivity contribution >= 4 is 17.3 Å². The van der Waals surface area contributed by atoms with Crippen LogP contribution in [0.15, 0.2) is 23.3 Å². The molecule has 8 heteroatoms. The zero-order valence-electron chi connectivity index (χ0n) is 17.3. The predicted octanol–water partition coefficient (Wildman–Crippen LogP) is 3.03. The second-order valence-electron chi connectivity index (χ2n) is 5.96. The molecule has 2 rings (SSSR count). The van der Waals surface area contributed by atoms with Crippen LogP contribution in [0.1, 0.15) is 29.3 Å². The van der Waals surface area contributed by atoms with E-state index in [2.05, 4.69) is 27.5 Å². The number of rotatable bonds is 10. The minimum Gasteiger partial charge on any atom is -0.496 e. The quantitative estimate of drug-likeness (QED) is 0.467. The molecule has 0 amide bonds. The molecule has 2 N–H and O–H groups in total. The summed E-state index contributed by atoms with van der Waals surface area (Å²) in [4.78, 5) is 10.5. The van der Waals surface area contributed by atoms with Crippen LogP contribution < -0.4 is 24.8 Å². The average Bonchev–Trinajstić information content (AvgIpc) is 3.19. The summed E-state index contributed by atoms with van der Waals surface area (Å²) in [5.41, 5.74) is 0.871. The predicted molar refractivity (Wildman–Crippen MR) is 114 cm³/mol. The first-order valence-corrected chi connectivity index (χ1v) is 10.2. The molecule has 0 saturated heterocycles. The largest absolute Gasteiger partial charge is 0.496 e. The number of hydrogen-bond acceptors (Lipinski definition) is 6. The van der Waals surface area contributed by atoms with Gasteiger partial charge in [-0.3, -0.25) is 0 Å². The number of aliphatic imine (C=N–C) groups is 1. The Balaban J connectivity index is 2.07. The van der Waals surface area contributed by atoms with Gasteiger partial charge in [0.15, 0.2) is 5.96 Å². The maximum Gasteiger partial charge on any atom is 0.191 e. The molecule has 0 aliphatic heterocycles. The standard InChI is InChI=1S/C20H30N4O3S/c1-6-15-12-23-19(28-15)8-9-22-20(21-7-2)24-13-16-17(26-4)10-14(25-3)11-18(16)27-5/h10-12H,6-9,13H2,1-5H3,(H2,21,22,24). The first-order chi connectivity index (χ1) is 13.6. The van der Waals surface area contributed by atoms with Crippen LogP contribution in [0.4, 0.5) is 0 Å². The Bertz CT molecular complexity index is 752. The molecule has 0 spiro atoms. The van der Waals surface area contributed by atoms with Crippen molar-refractivity contribution in [1.29, 1.82) is 0 Å². The molecule has 1 heterocycles. The molecule has 0 radical (unpaired) electrons. The van der Waals surface area contributed by atoms with E-state index in [-0.39, 0.29) is 0 Å². The number of guanidine groups is 1. The smallest absolute Gasteiger partial charge is 0.191 e. The van der Waals surface area contributed by atoms with E-state index in [4.69, 9.17) is 14.2 Å². The van der Waals surface area contributed by atoms with Gasteiger partial charge in [0.05, 0.1) is 38.4 Å². The molecule has 28 heavy (non-hydrogen) atoms. The highest BCUT2D eigenvalue weighted by atomic mass is 32.1. The lowest BCUT2D eigenvalue weighted by Crippen LogP contribution is -2.38. The number of nitrogens with zero attached hydrogens (tertiary/aromatic N) is 2. The summed E-state index contributed by atoms with van der Waals surface area (Å²) in [6.07, 6.45) is 3.85. The van der Waals surface area contributed by atoms with Crippen molar-refractivity contribution in [3.63, 3.8) is 0 Å². The summed E-state index contributed by atoms with van der Waals surface area (Å²) in [5.74, 6) is 2.80. The molecular formula is C20H30N4O3S. The number of hydrogen-bond donors (Lipinski definition) is 2. The highest BCUT2D eigenvalue weighted by molar-refractivity contribution is 7.11. The lowest BCUT2D eigenvalue weighted by atomic mass is 10.1. The number of aryl methyl sites for hydroxylation is 1. The van der Waals surface area contributed by atoms with E-state index in [1.54, 1.807) is 32.7 Å². The minimum atomic E-state index is 0.420. The van der Waals surface area contributed by atoms with Crippen molar-refractivity contribution in [3.05, 3.63) is 33.8 Å². The second kappa shape index (κ2) is 11.4. The third-order valence-corrected chi connectivity index (χ3v) is 5.34. The van der Waals surface area contributed by atoms with Crippen LogP contribution in [-0.2, 0) is 19.4 Å². The molecule has 1 aromatic carbocycles. The van der Waals surface area contributed by atoms with Crippen LogP contribution in [0.5, 0.6) is 17.2 Å². The van der Waals surface area contributed by atoms with Crippen molar-refractivity contribution in [2.45, 2.75) is 33.2 Å². The monoisotopic (exact) mass is 406 g/mol. The topological polar surface area (TPSA) is 77.0 Å². The molecule has 0 fully saturated rings. The van der Waals surface area contributed by atoms with E-state index in [1.807, 2.05) is 25.3 Å². The number of aromatic nitrogens is 1. The van der Waals surface area contributed by atoms with Crippen molar-refractivity contribution in [2.24, 2.45) is 4.99 Å². The van der Waals surface area contributed by atoms with Crippen LogP contribution >= 0.6 is 11.3 Å². The van der Waals surface area contributed by atoms with Gasteiger partial charge in [-0.25, -0.2) is 9.98 Å². The Kier molecular flexibility index (Phi) is 8.87. The van der Waals surface area contributed by atoms with Crippen molar-refractivity contribution < 1.29 is 14.2 Å². The molecule has 0 unspecified atom stereocenters. The summed E-state index contributed by atoms with van der Waals surface area (Å²) in [6, 6.07) is 3.67. The molecule has 0 bridgehead atoms. The Morgan fingerprint density at radius 1 is 1.07 bits per heavy atom. The van der Waals surface area contributed by atoms with Gasteiger partial charge in [0, 0.05) is 42.7 Å². The molecule has 0 aliphatic rings. The highest BCUT2D eigenvalue weighted by Gasteiger charge is 2.13. The van der Waals surface area contributed by atoms with Gasteiger partial charge < -0.3 is 24.8 Å². The highest BCUT2D eigenvalue weighted by Crippen LogP contribution is 2.34. The van der Waals surface area contributed by atoms with Crippen LogP contribution in [0.3, 0.4) is 0 Å². The molecule has 0 saturated carbocycles. The van der Waals surface area contributed by atoms with Gasteiger partial charge in [-0.2, -0.15) is 0 Å². The zero-order chi connectivity index (χ0) is 20.4. The Hall–Kier alpha value is -2.48. The number of methoxy groups -OCH3 is 3. The summed E-state index contributed by atoms with van der Waals surface area (Å²) < 4.78 is 16.3. The summed E-state index contributed by atoms with van der Waals surface area (Å²) >= 11 is 1.77. The third-order valence-electron chi connectivity index (χ3n) is 4.14. The van der Waals surface area contributed by atoms with Gasteiger partial charge in [0.1, 0.15) is 17.2 Å².